The highest BCUT2D eigenvalue weighted by molar-refractivity contribution is 7.92. The summed E-state index contributed by atoms with van der Waals surface area (Å²) in [5.41, 5.74) is 2.60. The average molecular weight is 465 g/mol. The lowest BCUT2D eigenvalue weighted by Crippen LogP contribution is -2.35. The maximum atomic E-state index is 13.4. The number of esters is 1. The molecule has 0 spiro atoms. The summed E-state index contributed by atoms with van der Waals surface area (Å²) in [4.78, 5) is 24.5. The first-order chi connectivity index (χ1) is 15.9. The zero-order valence-corrected chi connectivity index (χ0v) is 18.9. The van der Waals surface area contributed by atoms with Crippen LogP contribution in [0.15, 0.2) is 83.8 Å². The Hall–Kier alpha value is -3.65. The van der Waals surface area contributed by atoms with Gasteiger partial charge >= 0.3 is 5.97 Å². The van der Waals surface area contributed by atoms with Crippen molar-refractivity contribution in [3.8, 4) is 0 Å². The number of nitrogens with one attached hydrogen (secondary N) is 1. The second-order valence-corrected chi connectivity index (χ2v) is 9.66. The molecule has 1 heterocycles. The third kappa shape index (κ3) is 4.90. The van der Waals surface area contributed by atoms with E-state index in [1.165, 1.54) is 28.6 Å². The quantitative estimate of drug-likeness (QED) is 0.542. The van der Waals surface area contributed by atoms with Gasteiger partial charge in [0.2, 0.25) is 0 Å². The zero-order valence-electron chi connectivity index (χ0n) is 18.1. The maximum absolute atomic E-state index is 13.4. The van der Waals surface area contributed by atoms with Gasteiger partial charge in [-0.3, -0.25) is 9.10 Å². The number of nitrogens with zero attached hydrogens (tertiary/aromatic N) is 1. The highest BCUT2D eigenvalue weighted by atomic mass is 32.2. The van der Waals surface area contributed by atoms with Crippen molar-refractivity contribution in [3.05, 3.63) is 95.6 Å². The lowest BCUT2D eigenvalue weighted by molar-refractivity contribution is -0.124. The number of carbonyl (C=O) groups excluding carboxylic acids is 2. The van der Waals surface area contributed by atoms with Crippen LogP contribution >= 0.6 is 0 Å². The van der Waals surface area contributed by atoms with Crippen LogP contribution in [0.2, 0.25) is 0 Å². The second-order valence-electron chi connectivity index (χ2n) is 7.85. The van der Waals surface area contributed by atoms with Gasteiger partial charge < -0.3 is 10.1 Å². The summed E-state index contributed by atoms with van der Waals surface area (Å²) in [7, 11) is -3.88. The van der Waals surface area contributed by atoms with Crippen LogP contribution < -0.4 is 9.62 Å². The van der Waals surface area contributed by atoms with E-state index in [0.717, 1.165) is 11.1 Å². The smallest absolute Gasteiger partial charge is 0.338 e. The van der Waals surface area contributed by atoms with E-state index in [1.54, 1.807) is 12.1 Å². The number of ether oxygens (including phenoxy) is 1. The Morgan fingerprint density at radius 3 is 2.52 bits per heavy atom. The number of carbonyl (C=O) groups is 2. The molecule has 0 radical (unpaired) electrons. The van der Waals surface area contributed by atoms with Gasteiger partial charge in [0.15, 0.2) is 6.61 Å². The molecule has 3 aromatic rings. The number of sulfonamides is 1. The van der Waals surface area contributed by atoms with E-state index in [0.29, 0.717) is 18.7 Å². The SMILES string of the molecule is C[C@@H]1Cc2ccccc2N1S(=O)(=O)c1cccc(C(=O)OCC(=O)NCc2ccccc2)c1. The molecule has 3 aromatic carbocycles. The van der Waals surface area contributed by atoms with Crippen molar-refractivity contribution >= 4 is 27.6 Å². The average Bonchev–Trinajstić information content (AvgIpc) is 3.18. The maximum Gasteiger partial charge on any atom is 0.338 e. The Bertz CT molecular complexity index is 1270. The van der Waals surface area contributed by atoms with E-state index in [1.807, 2.05) is 49.4 Å². The largest absolute Gasteiger partial charge is 0.452 e. The van der Waals surface area contributed by atoms with E-state index in [-0.39, 0.29) is 16.5 Å². The Balaban J connectivity index is 1.43. The summed E-state index contributed by atoms with van der Waals surface area (Å²) in [5.74, 6) is -1.21. The molecule has 0 unspecified atom stereocenters. The Morgan fingerprint density at radius 2 is 1.73 bits per heavy atom. The molecule has 1 atom stereocenters. The number of hydrogen-bond donors (Lipinski definition) is 1. The van der Waals surface area contributed by atoms with Crippen LogP contribution in [0.1, 0.15) is 28.4 Å². The number of fused-ring (bicyclic) bond motifs is 1. The molecule has 170 valence electrons. The number of hydrogen-bond acceptors (Lipinski definition) is 5. The molecule has 0 bridgehead atoms. The molecule has 1 amide bonds. The van der Waals surface area contributed by atoms with Crippen molar-refractivity contribution in [1.82, 2.24) is 5.32 Å². The molecule has 0 aromatic heterocycles. The van der Waals surface area contributed by atoms with Crippen molar-refractivity contribution in [2.24, 2.45) is 0 Å². The van der Waals surface area contributed by atoms with Crippen molar-refractivity contribution in [1.29, 1.82) is 0 Å². The van der Waals surface area contributed by atoms with Crippen LogP contribution in [0.25, 0.3) is 0 Å². The molecule has 0 saturated heterocycles. The zero-order chi connectivity index (χ0) is 23.4. The van der Waals surface area contributed by atoms with Gasteiger partial charge in [0, 0.05) is 12.6 Å². The summed E-state index contributed by atoms with van der Waals surface area (Å²) in [6, 6.07) is 22.2. The second kappa shape index (κ2) is 9.46. The predicted molar refractivity (Wildman–Crippen MR) is 124 cm³/mol. The third-order valence-electron chi connectivity index (χ3n) is 5.44. The highest BCUT2D eigenvalue weighted by Gasteiger charge is 2.36. The van der Waals surface area contributed by atoms with Gasteiger partial charge in [0.25, 0.3) is 15.9 Å². The summed E-state index contributed by atoms with van der Waals surface area (Å²) in [6.07, 6.45) is 0.620. The van der Waals surface area contributed by atoms with Gasteiger partial charge in [-0.25, -0.2) is 13.2 Å². The van der Waals surface area contributed by atoms with Crippen molar-refractivity contribution in [2.75, 3.05) is 10.9 Å². The molecule has 1 aliphatic rings. The van der Waals surface area contributed by atoms with Gasteiger partial charge in [0.05, 0.1) is 16.1 Å². The molecule has 1 N–H and O–H groups in total. The van der Waals surface area contributed by atoms with Crippen LogP contribution in [-0.4, -0.2) is 32.9 Å². The van der Waals surface area contributed by atoms with Crippen molar-refractivity contribution < 1.29 is 22.7 Å². The van der Waals surface area contributed by atoms with Crippen molar-refractivity contribution in [2.45, 2.75) is 30.8 Å². The topological polar surface area (TPSA) is 92.8 Å². The third-order valence-corrected chi connectivity index (χ3v) is 7.36. The highest BCUT2D eigenvalue weighted by Crippen LogP contribution is 2.36. The monoisotopic (exact) mass is 464 g/mol. The van der Waals surface area contributed by atoms with Gasteiger partial charge in [-0.1, -0.05) is 54.6 Å². The first-order valence-electron chi connectivity index (χ1n) is 10.6. The summed E-state index contributed by atoms with van der Waals surface area (Å²) in [5, 5.41) is 2.67. The summed E-state index contributed by atoms with van der Waals surface area (Å²) < 4.78 is 33.2. The van der Waals surface area contributed by atoms with E-state index >= 15 is 0 Å². The van der Waals surface area contributed by atoms with Crippen LogP contribution in [0.3, 0.4) is 0 Å². The van der Waals surface area contributed by atoms with E-state index in [4.69, 9.17) is 4.74 Å². The molecule has 0 saturated carbocycles. The minimum Gasteiger partial charge on any atom is -0.452 e. The first kappa shape index (κ1) is 22.5. The molecule has 4 rings (SSSR count). The normalized spacial score (nSPS) is 15.1. The lowest BCUT2D eigenvalue weighted by Gasteiger charge is -2.24. The fourth-order valence-electron chi connectivity index (χ4n) is 3.86. The summed E-state index contributed by atoms with van der Waals surface area (Å²) >= 11 is 0. The number of amides is 1. The van der Waals surface area contributed by atoms with Gasteiger partial charge in [-0.05, 0) is 48.7 Å². The molecular formula is C25H24N2O5S. The number of benzene rings is 3. The Kier molecular flexibility index (Phi) is 6.46. The molecule has 1 aliphatic heterocycles. The Labute approximate surface area is 193 Å². The first-order valence-corrected chi connectivity index (χ1v) is 12.0. The molecule has 8 heteroatoms. The number of rotatable bonds is 7. The van der Waals surface area contributed by atoms with E-state index in [2.05, 4.69) is 5.32 Å². The van der Waals surface area contributed by atoms with Crippen LogP contribution in [0.5, 0.6) is 0 Å². The van der Waals surface area contributed by atoms with Gasteiger partial charge in [-0.15, -0.1) is 0 Å². The fraction of sp³-hybridized carbons (Fsp3) is 0.200. The standard InChI is InChI=1S/C25H24N2O5S/c1-18-14-20-10-5-6-13-23(20)27(18)33(30,31)22-12-7-11-21(15-22)25(29)32-17-24(28)26-16-19-8-3-2-4-9-19/h2-13,15,18H,14,16-17H2,1H3,(H,26,28)/t18-/m1/s1. The minimum atomic E-state index is -3.88. The van der Waals surface area contributed by atoms with Crippen LogP contribution in [-0.2, 0) is 32.5 Å². The van der Waals surface area contributed by atoms with Gasteiger partial charge in [0.1, 0.15) is 0 Å². The van der Waals surface area contributed by atoms with Crippen molar-refractivity contribution in [3.63, 3.8) is 0 Å². The summed E-state index contributed by atoms with van der Waals surface area (Å²) in [6.45, 7) is 1.71. The number of para-hydroxylation sites is 1. The molecule has 33 heavy (non-hydrogen) atoms. The predicted octanol–water partition coefficient (Wildman–Crippen LogP) is 3.30. The lowest BCUT2D eigenvalue weighted by atomic mass is 10.1. The molecule has 0 aliphatic carbocycles. The minimum absolute atomic E-state index is 0.00553. The Morgan fingerprint density at radius 1 is 1.00 bits per heavy atom. The number of anilines is 1. The fourth-order valence-corrected chi connectivity index (χ4v) is 5.60. The molecule has 7 nitrogen and oxygen atoms in total. The molecule has 0 fully saturated rings. The van der Waals surface area contributed by atoms with Crippen LogP contribution in [0, 0.1) is 0 Å². The van der Waals surface area contributed by atoms with Gasteiger partial charge in [-0.2, -0.15) is 0 Å². The van der Waals surface area contributed by atoms with E-state index in [9.17, 15) is 18.0 Å². The van der Waals surface area contributed by atoms with Crippen LogP contribution in [0.4, 0.5) is 5.69 Å². The molecular weight excluding hydrogens is 440 g/mol. The van der Waals surface area contributed by atoms with E-state index < -0.39 is 28.5 Å².